The molecule has 3 aromatic carbocycles. The van der Waals surface area contributed by atoms with Gasteiger partial charge in [0.2, 0.25) is 5.43 Å². The molecule has 0 aliphatic carbocycles. The normalized spacial score (nSPS) is 11.7. The van der Waals surface area contributed by atoms with Crippen molar-refractivity contribution in [1.82, 2.24) is 0 Å². The van der Waals surface area contributed by atoms with Crippen LogP contribution in [0.25, 0.3) is 22.3 Å². The lowest BCUT2D eigenvalue weighted by atomic mass is 10.1. The zero-order chi connectivity index (χ0) is 19.7. The van der Waals surface area contributed by atoms with E-state index in [2.05, 4.69) is 0 Å². The highest BCUT2D eigenvalue weighted by molar-refractivity contribution is 7.99. The molecule has 4 rings (SSSR count). The van der Waals surface area contributed by atoms with Crippen molar-refractivity contribution in [3.05, 3.63) is 94.6 Å². The third-order valence-electron chi connectivity index (χ3n) is 4.19. The lowest BCUT2D eigenvalue weighted by molar-refractivity contribution is -0.137. The topological polar surface area (TPSA) is 30.2 Å². The number of hydrogen-bond acceptors (Lipinski definition) is 3. The maximum Gasteiger partial charge on any atom is 0.416 e. The van der Waals surface area contributed by atoms with E-state index in [0.29, 0.717) is 21.4 Å². The number of alkyl halides is 3. The third-order valence-corrected chi connectivity index (χ3v) is 5.28. The van der Waals surface area contributed by atoms with Gasteiger partial charge in [-0.1, -0.05) is 54.2 Å². The Balaban J connectivity index is 1.91. The first-order chi connectivity index (χ1) is 13.4. The van der Waals surface area contributed by atoms with Gasteiger partial charge in [0.15, 0.2) is 5.76 Å². The average molecular weight is 398 g/mol. The summed E-state index contributed by atoms with van der Waals surface area (Å²) < 4.78 is 44.6. The molecule has 4 aromatic rings. The fourth-order valence-electron chi connectivity index (χ4n) is 2.82. The molecule has 0 atom stereocenters. The molecule has 0 unspecified atom stereocenters. The largest absolute Gasteiger partial charge is 0.455 e. The molecule has 1 aromatic heterocycles. The minimum atomic E-state index is -4.43. The molecule has 2 nitrogen and oxygen atoms in total. The lowest BCUT2D eigenvalue weighted by Gasteiger charge is -2.11. The maximum absolute atomic E-state index is 13.1. The lowest BCUT2D eigenvalue weighted by Crippen LogP contribution is -2.07. The summed E-state index contributed by atoms with van der Waals surface area (Å²) in [6, 6.07) is 20.7. The zero-order valence-corrected chi connectivity index (χ0v) is 15.2. The smallest absolute Gasteiger partial charge is 0.416 e. The van der Waals surface area contributed by atoms with Crippen LogP contribution in [0.3, 0.4) is 0 Å². The molecule has 28 heavy (non-hydrogen) atoms. The predicted octanol–water partition coefficient (Wildman–Crippen LogP) is 6.63. The summed E-state index contributed by atoms with van der Waals surface area (Å²) in [5.74, 6) is 0.256. The monoisotopic (exact) mass is 398 g/mol. The molecule has 0 amide bonds. The van der Waals surface area contributed by atoms with Crippen LogP contribution in [0, 0.1) is 0 Å². The summed E-state index contributed by atoms with van der Waals surface area (Å²) in [4.78, 5) is 14.3. The van der Waals surface area contributed by atoms with Crippen LogP contribution < -0.4 is 5.43 Å². The second-order valence-corrected chi connectivity index (χ2v) is 7.16. The summed E-state index contributed by atoms with van der Waals surface area (Å²) in [7, 11) is 0. The number of halogens is 3. The van der Waals surface area contributed by atoms with Gasteiger partial charge >= 0.3 is 6.18 Å². The Labute approximate surface area is 162 Å². The van der Waals surface area contributed by atoms with Crippen molar-refractivity contribution in [3.8, 4) is 11.3 Å². The minimum Gasteiger partial charge on any atom is -0.455 e. The summed E-state index contributed by atoms with van der Waals surface area (Å²) in [6.07, 6.45) is -4.43. The van der Waals surface area contributed by atoms with E-state index in [9.17, 15) is 18.0 Å². The van der Waals surface area contributed by atoms with Crippen LogP contribution in [0.1, 0.15) is 5.56 Å². The quantitative estimate of drug-likeness (QED) is 0.388. The maximum atomic E-state index is 13.1. The van der Waals surface area contributed by atoms with E-state index >= 15 is 0 Å². The third kappa shape index (κ3) is 3.55. The first kappa shape index (κ1) is 18.4. The Hall–Kier alpha value is -2.99. The van der Waals surface area contributed by atoms with Crippen LogP contribution in [-0.4, -0.2) is 0 Å². The number of benzene rings is 3. The Morgan fingerprint density at radius 1 is 0.786 bits per heavy atom. The number of hydrogen-bond donors (Lipinski definition) is 0. The van der Waals surface area contributed by atoms with E-state index in [4.69, 9.17) is 4.42 Å². The summed E-state index contributed by atoms with van der Waals surface area (Å²) in [5, 5.41) is 0.427. The van der Waals surface area contributed by atoms with Crippen molar-refractivity contribution in [2.45, 2.75) is 16.0 Å². The van der Waals surface area contributed by atoms with Gasteiger partial charge in [0.1, 0.15) is 10.5 Å². The van der Waals surface area contributed by atoms with Gasteiger partial charge in [-0.25, -0.2) is 0 Å². The molecule has 0 N–H and O–H groups in total. The highest BCUT2D eigenvalue weighted by atomic mass is 32.2. The molecular formula is C22H13F3O2S. The summed E-state index contributed by atoms with van der Waals surface area (Å²) in [5.41, 5.74) is -0.170. The van der Waals surface area contributed by atoms with Gasteiger partial charge in [0, 0.05) is 10.5 Å². The minimum absolute atomic E-state index is 0.217. The van der Waals surface area contributed by atoms with Crippen LogP contribution in [0.2, 0.25) is 0 Å². The molecule has 6 heteroatoms. The Morgan fingerprint density at radius 3 is 2.11 bits per heavy atom. The van der Waals surface area contributed by atoms with Crippen molar-refractivity contribution < 1.29 is 17.6 Å². The number of rotatable bonds is 3. The number of fused-ring (bicyclic) bond motifs is 1. The Bertz CT molecular complexity index is 1180. The van der Waals surface area contributed by atoms with Gasteiger partial charge in [-0.15, -0.1) is 0 Å². The number of para-hydroxylation sites is 1. The molecule has 0 bridgehead atoms. The van der Waals surface area contributed by atoms with E-state index in [1.165, 1.54) is 23.9 Å². The fourth-order valence-corrected chi connectivity index (χ4v) is 3.81. The molecule has 0 fully saturated rings. The zero-order valence-electron chi connectivity index (χ0n) is 14.4. The Morgan fingerprint density at radius 2 is 1.43 bits per heavy atom. The molecule has 0 saturated carbocycles. The standard InChI is InChI=1S/C22H13F3O2S/c23-22(24,25)15-12-10-14(11-13-15)20-21(28-16-6-2-1-3-7-16)19(26)17-8-4-5-9-18(17)27-20/h1-13H. The van der Waals surface area contributed by atoms with Gasteiger partial charge in [0.25, 0.3) is 0 Å². The molecule has 0 aliphatic rings. The first-order valence-corrected chi connectivity index (χ1v) is 9.21. The van der Waals surface area contributed by atoms with E-state index in [0.717, 1.165) is 17.0 Å². The van der Waals surface area contributed by atoms with Gasteiger partial charge in [-0.3, -0.25) is 4.79 Å². The summed E-state index contributed by atoms with van der Waals surface area (Å²) in [6.45, 7) is 0. The van der Waals surface area contributed by atoms with Gasteiger partial charge in [-0.2, -0.15) is 13.2 Å². The average Bonchev–Trinajstić information content (AvgIpc) is 2.70. The molecule has 0 aliphatic heterocycles. The highest BCUT2D eigenvalue weighted by Crippen LogP contribution is 2.37. The molecule has 0 saturated heterocycles. The van der Waals surface area contributed by atoms with Crippen LogP contribution in [0.5, 0.6) is 0 Å². The van der Waals surface area contributed by atoms with Gasteiger partial charge in [-0.05, 0) is 36.4 Å². The molecule has 0 spiro atoms. The predicted molar refractivity (Wildman–Crippen MR) is 103 cm³/mol. The van der Waals surface area contributed by atoms with E-state index in [-0.39, 0.29) is 11.2 Å². The SMILES string of the molecule is O=c1c(Sc2ccccc2)c(-c2ccc(C(F)(F)F)cc2)oc2ccccc12. The highest BCUT2D eigenvalue weighted by Gasteiger charge is 2.30. The second kappa shape index (κ2) is 7.20. The van der Waals surface area contributed by atoms with E-state index < -0.39 is 11.7 Å². The van der Waals surface area contributed by atoms with Crippen LogP contribution >= 0.6 is 11.8 Å². The fraction of sp³-hybridized carbons (Fsp3) is 0.0455. The second-order valence-electron chi connectivity index (χ2n) is 6.08. The molecular weight excluding hydrogens is 385 g/mol. The summed E-state index contributed by atoms with van der Waals surface area (Å²) >= 11 is 1.23. The van der Waals surface area contributed by atoms with Crippen LogP contribution in [0.15, 0.2) is 97.9 Å². The Kier molecular flexibility index (Phi) is 4.73. The van der Waals surface area contributed by atoms with E-state index in [1.54, 1.807) is 24.3 Å². The van der Waals surface area contributed by atoms with Gasteiger partial charge in [0.05, 0.1) is 10.9 Å². The van der Waals surface area contributed by atoms with Crippen molar-refractivity contribution in [2.75, 3.05) is 0 Å². The van der Waals surface area contributed by atoms with Crippen molar-refractivity contribution in [1.29, 1.82) is 0 Å². The van der Waals surface area contributed by atoms with Gasteiger partial charge < -0.3 is 4.42 Å². The van der Waals surface area contributed by atoms with Crippen LogP contribution in [-0.2, 0) is 6.18 Å². The molecule has 140 valence electrons. The molecule has 1 heterocycles. The van der Waals surface area contributed by atoms with Crippen molar-refractivity contribution in [3.63, 3.8) is 0 Å². The first-order valence-electron chi connectivity index (χ1n) is 8.40. The molecule has 0 radical (unpaired) electrons. The van der Waals surface area contributed by atoms with Crippen molar-refractivity contribution in [2.24, 2.45) is 0 Å². The van der Waals surface area contributed by atoms with E-state index in [1.807, 2.05) is 30.3 Å². The van der Waals surface area contributed by atoms with Crippen molar-refractivity contribution >= 4 is 22.7 Å². The van der Waals surface area contributed by atoms with Crippen LogP contribution in [0.4, 0.5) is 13.2 Å².